The summed E-state index contributed by atoms with van der Waals surface area (Å²) in [6.45, 7) is 3.62. The van der Waals surface area contributed by atoms with Crippen LogP contribution in [0.1, 0.15) is 38.4 Å². The SMILES string of the molecule is CC1CC(N)(c2noc(C(F)(F)F)n2)CC(C)O1. The summed E-state index contributed by atoms with van der Waals surface area (Å²) in [5.41, 5.74) is 5.05. The number of hydrogen-bond donors (Lipinski definition) is 1. The lowest BCUT2D eigenvalue weighted by molar-refractivity contribution is -0.159. The highest BCUT2D eigenvalue weighted by Gasteiger charge is 2.44. The fourth-order valence-corrected chi connectivity index (χ4v) is 2.33. The summed E-state index contributed by atoms with van der Waals surface area (Å²) in [6, 6.07) is 0. The van der Waals surface area contributed by atoms with Gasteiger partial charge in [0.2, 0.25) is 0 Å². The molecule has 1 aromatic rings. The second kappa shape index (κ2) is 4.20. The van der Waals surface area contributed by atoms with Gasteiger partial charge in [-0.15, -0.1) is 0 Å². The van der Waals surface area contributed by atoms with E-state index in [1.165, 1.54) is 0 Å². The molecule has 102 valence electrons. The predicted molar refractivity (Wildman–Crippen MR) is 54.4 cm³/mol. The molecule has 1 saturated heterocycles. The summed E-state index contributed by atoms with van der Waals surface area (Å²) < 4.78 is 46.9. The lowest BCUT2D eigenvalue weighted by Crippen LogP contribution is -2.48. The van der Waals surface area contributed by atoms with Crippen molar-refractivity contribution in [1.29, 1.82) is 0 Å². The second-order valence-corrected chi connectivity index (χ2v) is 4.74. The van der Waals surface area contributed by atoms with Crippen molar-refractivity contribution in [2.45, 2.75) is 50.6 Å². The van der Waals surface area contributed by atoms with Gasteiger partial charge in [-0.25, -0.2) is 0 Å². The Hall–Kier alpha value is -1.15. The summed E-state index contributed by atoms with van der Waals surface area (Å²) in [7, 11) is 0. The minimum Gasteiger partial charge on any atom is -0.375 e. The van der Waals surface area contributed by atoms with Gasteiger partial charge in [0.1, 0.15) is 0 Å². The highest BCUT2D eigenvalue weighted by Crippen LogP contribution is 2.35. The molecule has 0 amide bonds. The van der Waals surface area contributed by atoms with Crippen LogP contribution < -0.4 is 5.73 Å². The molecule has 1 aliphatic rings. The van der Waals surface area contributed by atoms with E-state index >= 15 is 0 Å². The van der Waals surface area contributed by atoms with E-state index in [1.54, 1.807) is 0 Å². The first-order valence-corrected chi connectivity index (χ1v) is 5.56. The molecule has 0 saturated carbocycles. The Kier molecular flexibility index (Phi) is 3.10. The Balaban J connectivity index is 2.27. The largest absolute Gasteiger partial charge is 0.471 e. The zero-order valence-corrected chi connectivity index (χ0v) is 9.99. The molecule has 0 aromatic carbocycles. The lowest BCUT2D eigenvalue weighted by atomic mass is 9.84. The number of hydrogen-bond acceptors (Lipinski definition) is 5. The normalized spacial score (nSPS) is 33.7. The van der Waals surface area contributed by atoms with Gasteiger partial charge in [0.25, 0.3) is 0 Å². The monoisotopic (exact) mass is 265 g/mol. The van der Waals surface area contributed by atoms with Crippen LogP contribution in [0.3, 0.4) is 0 Å². The minimum atomic E-state index is -4.65. The highest BCUT2D eigenvalue weighted by molar-refractivity contribution is 5.08. The molecule has 2 N–H and O–H groups in total. The van der Waals surface area contributed by atoms with E-state index in [1.807, 2.05) is 13.8 Å². The lowest BCUT2D eigenvalue weighted by Gasteiger charge is -2.37. The van der Waals surface area contributed by atoms with Crippen LogP contribution in [0, 0.1) is 0 Å². The van der Waals surface area contributed by atoms with Crippen LogP contribution in [0.2, 0.25) is 0 Å². The number of rotatable bonds is 1. The van der Waals surface area contributed by atoms with Gasteiger partial charge in [-0.2, -0.15) is 18.2 Å². The smallest absolute Gasteiger partial charge is 0.375 e. The van der Waals surface area contributed by atoms with Gasteiger partial charge < -0.3 is 15.0 Å². The maximum absolute atomic E-state index is 12.4. The molecule has 0 radical (unpaired) electrons. The molecule has 0 bridgehead atoms. The Morgan fingerprint density at radius 3 is 2.28 bits per heavy atom. The standard InChI is InChI=1S/C10H14F3N3O2/c1-5-3-9(14,4-6(2)17-5)7-15-8(18-16-7)10(11,12)13/h5-6H,3-4,14H2,1-2H3. The third-order valence-electron chi connectivity index (χ3n) is 2.88. The van der Waals surface area contributed by atoms with Crippen molar-refractivity contribution in [3.8, 4) is 0 Å². The molecule has 2 atom stereocenters. The molecule has 2 rings (SSSR count). The zero-order chi connectivity index (χ0) is 13.6. The number of ether oxygens (including phenoxy) is 1. The van der Waals surface area contributed by atoms with Crippen LogP contribution in [0.5, 0.6) is 0 Å². The molecule has 2 heterocycles. The topological polar surface area (TPSA) is 74.2 Å². The highest BCUT2D eigenvalue weighted by atomic mass is 19.4. The molecule has 8 heteroatoms. The van der Waals surface area contributed by atoms with E-state index in [9.17, 15) is 13.2 Å². The fourth-order valence-electron chi connectivity index (χ4n) is 2.33. The number of alkyl halides is 3. The first-order valence-electron chi connectivity index (χ1n) is 5.56. The third-order valence-corrected chi connectivity index (χ3v) is 2.88. The molecule has 0 spiro atoms. The number of nitrogens with two attached hydrogens (primary N) is 1. The van der Waals surface area contributed by atoms with Crippen molar-refractivity contribution in [3.05, 3.63) is 11.7 Å². The first-order chi connectivity index (χ1) is 8.21. The number of halogens is 3. The van der Waals surface area contributed by atoms with E-state index in [2.05, 4.69) is 14.7 Å². The van der Waals surface area contributed by atoms with E-state index in [4.69, 9.17) is 10.5 Å². The maximum atomic E-state index is 12.4. The van der Waals surface area contributed by atoms with E-state index in [0.717, 1.165) is 0 Å². The van der Waals surface area contributed by atoms with Gasteiger partial charge in [0, 0.05) is 0 Å². The molecule has 0 aliphatic carbocycles. The number of nitrogens with zero attached hydrogens (tertiary/aromatic N) is 2. The Morgan fingerprint density at radius 2 is 1.83 bits per heavy atom. The van der Waals surface area contributed by atoms with Crippen LogP contribution in [0.25, 0.3) is 0 Å². The molecule has 1 fully saturated rings. The van der Waals surface area contributed by atoms with Crippen molar-refractivity contribution in [2.24, 2.45) is 5.73 Å². The summed E-state index contributed by atoms with van der Waals surface area (Å²) in [5, 5.41) is 3.36. The molecule has 1 aliphatic heterocycles. The Morgan fingerprint density at radius 1 is 1.28 bits per heavy atom. The molecule has 5 nitrogen and oxygen atoms in total. The van der Waals surface area contributed by atoms with Crippen molar-refractivity contribution in [2.75, 3.05) is 0 Å². The summed E-state index contributed by atoms with van der Waals surface area (Å²) in [6.07, 6.45) is -4.26. The molecular weight excluding hydrogens is 251 g/mol. The van der Waals surface area contributed by atoms with Gasteiger partial charge >= 0.3 is 12.1 Å². The van der Waals surface area contributed by atoms with Crippen LogP contribution >= 0.6 is 0 Å². The Labute approximate surface area is 101 Å². The first kappa shape index (κ1) is 13.3. The van der Waals surface area contributed by atoms with Gasteiger partial charge in [-0.05, 0) is 26.7 Å². The average molecular weight is 265 g/mol. The summed E-state index contributed by atoms with van der Waals surface area (Å²) in [5.74, 6) is -1.48. The van der Waals surface area contributed by atoms with Crippen molar-refractivity contribution in [1.82, 2.24) is 10.1 Å². The van der Waals surface area contributed by atoms with Crippen LogP contribution in [-0.4, -0.2) is 22.3 Å². The van der Waals surface area contributed by atoms with Crippen LogP contribution in [-0.2, 0) is 16.5 Å². The average Bonchev–Trinajstić information content (AvgIpc) is 2.62. The molecular formula is C10H14F3N3O2. The minimum absolute atomic E-state index is 0.114. The summed E-state index contributed by atoms with van der Waals surface area (Å²) in [4.78, 5) is 3.36. The van der Waals surface area contributed by atoms with E-state index < -0.39 is 17.6 Å². The molecule has 18 heavy (non-hydrogen) atoms. The zero-order valence-electron chi connectivity index (χ0n) is 9.99. The van der Waals surface area contributed by atoms with Gasteiger partial charge in [0.05, 0.1) is 17.7 Å². The molecule has 2 unspecified atom stereocenters. The van der Waals surface area contributed by atoms with Crippen LogP contribution in [0.15, 0.2) is 4.52 Å². The fraction of sp³-hybridized carbons (Fsp3) is 0.800. The van der Waals surface area contributed by atoms with Crippen molar-refractivity contribution < 1.29 is 22.4 Å². The van der Waals surface area contributed by atoms with Crippen LogP contribution in [0.4, 0.5) is 13.2 Å². The molecule has 1 aromatic heterocycles. The van der Waals surface area contributed by atoms with Gasteiger partial charge in [-0.3, -0.25) is 0 Å². The van der Waals surface area contributed by atoms with Gasteiger partial charge in [-0.1, -0.05) is 5.16 Å². The second-order valence-electron chi connectivity index (χ2n) is 4.74. The van der Waals surface area contributed by atoms with E-state index in [0.29, 0.717) is 12.8 Å². The van der Waals surface area contributed by atoms with Crippen molar-refractivity contribution in [3.63, 3.8) is 0 Å². The maximum Gasteiger partial charge on any atom is 0.471 e. The third kappa shape index (κ3) is 2.49. The van der Waals surface area contributed by atoms with Gasteiger partial charge in [0.15, 0.2) is 5.82 Å². The van der Waals surface area contributed by atoms with E-state index in [-0.39, 0.29) is 18.0 Å². The predicted octanol–water partition coefficient (Wildman–Crippen LogP) is 1.83. The Bertz CT molecular complexity index is 422. The quantitative estimate of drug-likeness (QED) is 0.838. The van der Waals surface area contributed by atoms with Crippen molar-refractivity contribution >= 4 is 0 Å². The summed E-state index contributed by atoms with van der Waals surface area (Å²) >= 11 is 0. The number of aromatic nitrogens is 2.